The van der Waals surface area contributed by atoms with Gasteiger partial charge in [-0.25, -0.2) is 4.39 Å². The van der Waals surface area contributed by atoms with E-state index in [-0.39, 0.29) is 11.7 Å². The topological polar surface area (TPSA) is 47.6 Å². The van der Waals surface area contributed by atoms with Crippen LogP contribution in [0.5, 0.6) is 11.5 Å². The van der Waals surface area contributed by atoms with Crippen molar-refractivity contribution in [1.82, 2.24) is 0 Å². The zero-order valence-electron chi connectivity index (χ0n) is 16.2. The van der Waals surface area contributed by atoms with Crippen LogP contribution in [0.1, 0.15) is 28.4 Å². The summed E-state index contributed by atoms with van der Waals surface area (Å²) in [6.07, 6.45) is 0. The van der Waals surface area contributed by atoms with E-state index in [1.807, 2.05) is 37.3 Å². The molecule has 0 aliphatic carbocycles. The minimum absolute atomic E-state index is 0.301. The summed E-state index contributed by atoms with van der Waals surface area (Å²) < 4.78 is 25.9. The highest BCUT2D eigenvalue weighted by Crippen LogP contribution is 2.35. The largest absolute Gasteiger partial charge is 0.490 e. The van der Waals surface area contributed by atoms with Gasteiger partial charge in [0.05, 0.1) is 10.2 Å². The lowest BCUT2D eigenvalue weighted by atomic mass is 10.1. The molecule has 6 heteroatoms. The Labute approximate surface area is 183 Å². The maximum absolute atomic E-state index is 13.4. The zero-order valence-corrected chi connectivity index (χ0v) is 18.3. The van der Waals surface area contributed by atoms with Gasteiger partial charge in [0.1, 0.15) is 12.4 Å². The molecule has 0 unspecified atom stereocenters. The van der Waals surface area contributed by atoms with E-state index >= 15 is 0 Å². The van der Waals surface area contributed by atoms with E-state index in [0.29, 0.717) is 41.5 Å². The van der Waals surface area contributed by atoms with Crippen LogP contribution in [0.15, 0.2) is 60.7 Å². The molecule has 0 heterocycles. The fourth-order valence-electron chi connectivity index (χ4n) is 2.76. The first-order valence-electron chi connectivity index (χ1n) is 9.18. The first-order chi connectivity index (χ1) is 14.0. The van der Waals surface area contributed by atoms with Gasteiger partial charge in [-0.15, -0.1) is 0 Å². The number of ether oxygens (including phenoxy) is 2. The second kappa shape index (κ2) is 9.73. The number of amides is 1. The zero-order chi connectivity index (χ0) is 20.8. The molecule has 3 aromatic rings. The molecule has 0 spiro atoms. The molecule has 0 saturated carbocycles. The van der Waals surface area contributed by atoms with Crippen LogP contribution in [0.3, 0.4) is 0 Å². The maximum Gasteiger partial charge on any atom is 0.255 e. The van der Waals surface area contributed by atoms with Crippen molar-refractivity contribution in [3.63, 3.8) is 0 Å². The summed E-state index contributed by atoms with van der Waals surface area (Å²) in [6.45, 7) is 4.37. The van der Waals surface area contributed by atoms with Gasteiger partial charge in [0.15, 0.2) is 11.5 Å². The Kier molecular flexibility index (Phi) is 7.09. The average Bonchev–Trinajstić information content (AvgIpc) is 2.71. The molecule has 0 saturated heterocycles. The molecule has 29 heavy (non-hydrogen) atoms. The Morgan fingerprint density at radius 3 is 2.52 bits per heavy atom. The minimum atomic E-state index is -0.309. The van der Waals surface area contributed by atoms with Gasteiger partial charge in [0, 0.05) is 11.3 Å². The molecule has 1 amide bonds. The Morgan fingerprint density at radius 1 is 1.07 bits per heavy atom. The van der Waals surface area contributed by atoms with E-state index in [4.69, 9.17) is 9.47 Å². The van der Waals surface area contributed by atoms with Crippen molar-refractivity contribution in [2.75, 3.05) is 11.9 Å². The average molecular weight is 505 g/mol. The number of halogens is 2. The van der Waals surface area contributed by atoms with Crippen molar-refractivity contribution in [2.45, 2.75) is 20.5 Å². The monoisotopic (exact) mass is 505 g/mol. The summed E-state index contributed by atoms with van der Waals surface area (Å²) >= 11 is 2.13. The summed E-state index contributed by atoms with van der Waals surface area (Å²) in [5.41, 5.74) is 2.48. The highest BCUT2D eigenvalue weighted by atomic mass is 127. The molecule has 0 aliphatic heterocycles. The number of aryl methyl sites for hydroxylation is 1. The normalized spacial score (nSPS) is 10.5. The third-order valence-electron chi connectivity index (χ3n) is 4.21. The summed E-state index contributed by atoms with van der Waals surface area (Å²) in [7, 11) is 0. The van der Waals surface area contributed by atoms with Crippen molar-refractivity contribution >= 4 is 34.2 Å². The van der Waals surface area contributed by atoms with Crippen molar-refractivity contribution in [1.29, 1.82) is 0 Å². The molecular weight excluding hydrogens is 484 g/mol. The first kappa shape index (κ1) is 21.1. The Hall–Kier alpha value is -2.61. The van der Waals surface area contributed by atoms with E-state index in [2.05, 4.69) is 27.9 Å². The molecule has 0 bridgehead atoms. The van der Waals surface area contributed by atoms with Crippen LogP contribution in [-0.2, 0) is 6.61 Å². The fraction of sp³-hybridized carbons (Fsp3) is 0.174. The Balaban J connectivity index is 1.82. The summed E-state index contributed by atoms with van der Waals surface area (Å²) in [5, 5.41) is 2.79. The number of rotatable bonds is 7. The van der Waals surface area contributed by atoms with Crippen LogP contribution in [0.2, 0.25) is 0 Å². The predicted molar refractivity (Wildman–Crippen MR) is 120 cm³/mol. The summed E-state index contributed by atoms with van der Waals surface area (Å²) in [6, 6.07) is 17.7. The molecule has 0 aromatic heterocycles. The lowest BCUT2D eigenvalue weighted by molar-refractivity contribution is 0.102. The summed E-state index contributed by atoms with van der Waals surface area (Å²) in [4.78, 5) is 12.7. The fourth-order valence-corrected chi connectivity index (χ4v) is 3.51. The molecule has 0 radical (unpaired) electrons. The van der Waals surface area contributed by atoms with Gasteiger partial charge in [0.2, 0.25) is 0 Å². The van der Waals surface area contributed by atoms with E-state index in [1.165, 1.54) is 12.1 Å². The first-order valence-corrected chi connectivity index (χ1v) is 10.3. The highest BCUT2D eigenvalue weighted by molar-refractivity contribution is 14.1. The Morgan fingerprint density at radius 2 is 1.83 bits per heavy atom. The maximum atomic E-state index is 13.4. The van der Waals surface area contributed by atoms with Crippen molar-refractivity contribution in [3.05, 3.63) is 86.7 Å². The van der Waals surface area contributed by atoms with Gasteiger partial charge in [-0.3, -0.25) is 4.79 Å². The third-order valence-corrected chi connectivity index (χ3v) is 5.01. The summed E-state index contributed by atoms with van der Waals surface area (Å²) in [5.74, 6) is 0.502. The predicted octanol–water partition coefficient (Wildman–Crippen LogP) is 5.97. The van der Waals surface area contributed by atoms with Crippen LogP contribution < -0.4 is 14.8 Å². The molecule has 4 nitrogen and oxygen atoms in total. The lowest BCUT2D eigenvalue weighted by Crippen LogP contribution is -2.13. The number of anilines is 1. The SMILES string of the molecule is CCOc1cc(C(=O)Nc2ccc(F)c(C)c2)cc(I)c1OCc1ccccc1. The van der Waals surface area contributed by atoms with E-state index < -0.39 is 0 Å². The van der Waals surface area contributed by atoms with E-state index in [9.17, 15) is 9.18 Å². The molecule has 0 fully saturated rings. The van der Waals surface area contributed by atoms with Crippen LogP contribution in [0.25, 0.3) is 0 Å². The van der Waals surface area contributed by atoms with Crippen molar-refractivity contribution < 1.29 is 18.7 Å². The number of hydrogen-bond acceptors (Lipinski definition) is 3. The second-order valence-corrected chi connectivity index (χ2v) is 7.57. The number of benzene rings is 3. The van der Waals surface area contributed by atoms with Crippen molar-refractivity contribution in [3.8, 4) is 11.5 Å². The number of hydrogen-bond donors (Lipinski definition) is 1. The van der Waals surface area contributed by atoms with Gasteiger partial charge in [-0.2, -0.15) is 0 Å². The van der Waals surface area contributed by atoms with Gasteiger partial charge >= 0.3 is 0 Å². The smallest absolute Gasteiger partial charge is 0.255 e. The minimum Gasteiger partial charge on any atom is -0.490 e. The number of carbonyl (C=O) groups excluding carboxylic acids is 1. The number of carbonyl (C=O) groups is 1. The van der Waals surface area contributed by atoms with Gasteiger partial charge in [-0.05, 0) is 77.9 Å². The van der Waals surface area contributed by atoms with Gasteiger partial charge in [0.25, 0.3) is 5.91 Å². The van der Waals surface area contributed by atoms with E-state index in [0.717, 1.165) is 9.13 Å². The Bertz CT molecular complexity index is 1010. The molecule has 3 rings (SSSR count). The highest BCUT2D eigenvalue weighted by Gasteiger charge is 2.17. The molecule has 150 valence electrons. The molecule has 0 aliphatic rings. The van der Waals surface area contributed by atoms with Crippen LogP contribution in [0, 0.1) is 16.3 Å². The van der Waals surface area contributed by atoms with Gasteiger partial charge < -0.3 is 14.8 Å². The molecular formula is C23H21FINO3. The second-order valence-electron chi connectivity index (χ2n) is 6.41. The van der Waals surface area contributed by atoms with Gasteiger partial charge in [-0.1, -0.05) is 30.3 Å². The molecule has 3 aromatic carbocycles. The third kappa shape index (κ3) is 5.47. The standard InChI is InChI=1S/C23H21FINO3/c1-3-28-21-13-17(23(27)26-18-9-10-19(24)15(2)11-18)12-20(25)22(21)29-14-16-7-5-4-6-8-16/h4-13H,3,14H2,1-2H3,(H,26,27). The molecule has 1 N–H and O–H groups in total. The number of nitrogens with one attached hydrogen (secondary N) is 1. The molecule has 0 atom stereocenters. The van der Waals surface area contributed by atoms with Crippen molar-refractivity contribution in [2.24, 2.45) is 0 Å². The van der Waals surface area contributed by atoms with Crippen LogP contribution in [0.4, 0.5) is 10.1 Å². The van der Waals surface area contributed by atoms with Crippen LogP contribution in [-0.4, -0.2) is 12.5 Å². The lowest BCUT2D eigenvalue weighted by Gasteiger charge is -2.16. The van der Waals surface area contributed by atoms with Crippen LogP contribution >= 0.6 is 22.6 Å². The quantitative estimate of drug-likeness (QED) is 0.403. The van der Waals surface area contributed by atoms with E-state index in [1.54, 1.807) is 25.1 Å².